The van der Waals surface area contributed by atoms with Gasteiger partial charge in [-0.1, -0.05) is 13.8 Å². The zero-order valence-electron chi connectivity index (χ0n) is 11.8. The zero-order chi connectivity index (χ0) is 14.7. The van der Waals surface area contributed by atoms with Crippen molar-refractivity contribution in [3.8, 4) is 0 Å². The van der Waals surface area contributed by atoms with Crippen LogP contribution in [0.5, 0.6) is 0 Å². The number of hydrogen-bond donors (Lipinski definition) is 4. The van der Waals surface area contributed by atoms with E-state index in [0.717, 1.165) is 10.9 Å². The number of nitrogen functional groups attached to an aromatic ring is 1. The highest BCUT2D eigenvalue weighted by Gasteiger charge is 2.17. The van der Waals surface area contributed by atoms with Crippen molar-refractivity contribution in [2.75, 3.05) is 12.3 Å². The third-order valence-corrected chi connectivity index (χ3v) is 3.45. The Kier molecular flexibility index (Phi) is 4.29. The molecule has 0 saturated heterocycles. The van der Waals surface area contributed by atoms with E-state index in [9.17, 15) is 4.79 Å². The van der Waals surface area contributed by atoms with Crippen LogP contribution in [0.15, 0.2) is 24.3 Å². The number of nitrogens with one attached hydrogen (secondary N) is 2. The van der Waals surface area contributed by atoms with Crippen LogP contribution < -0.4 is 11.1 Å². The van der Waals surface area contributed by atoms with E-state index >= 15 is 0 Å². The summed E-state index contributed by atoms with van der Waals surface area (Å²) < 4.78 is 0. The SMILES string of the molecule is CC(C)C(CCO)NC(=O)c1cc2cc(N)ccc2[nH]1. The van der Waals surface area contributed by atoms with Crippen LogP contribution in [0.1, 0.15) is 30.8 Å². The maximum Gasteiger partial charge on any atom is 0.267 e. The summed E-state index contributed by atoms with van der Waals surface area (Å²) in [4.78, 5) is 15.3. The minimum Gasteiger partial charge on any atom is -0.399 e. The Morgan fingerprint density at radius 1 is 1.40 bits per heavy atom. The Balaban J connectivity index is 2.18. The van der Waals surface area contributed by atoms with Crippen LogP contribution in [-0.2, 0) is 0 Å². The van der Waals surface area contributed by atoms with E-state index in [1.807, 2.05) is 26.0 Å². The fraction of sp³-hybridized carbons (Fsp3) is 0.400. The quantitative estimate of drug-likeness (QED) is 0.628. The Hall–Kier alpha value is -2.01. The third kappa shape index (κ3) is 3.11. The van der Waals surface area contributed by atoms with E-state index in [0.29, 0.717) is 17.8 Å². The number of aliphatic hydroxyl groups excluding tert-OH is 1. The molecule has 108 valence electrons. The van der Waals surface area contributed by atoms with Gasteiger partial charge < -0.3 is 21.1 Å². The number of aromatic amines is 1. The zero-order valence-corrected chi connectivity index (χ0v) is 11.8. The van der Waals surface area contributed by atoms with Crippen LogP contribution in [-0.4, -0.2) is 28.6 Å². The first-order valence-electron chi connectivity index (χ1n) is 6.81. The summed E-state index contributed by atoms with van der Waals surface area (Å²) >= 11 is 0. The molecule has 0 fully saturated rings. The number of carbonyl (C=O) groups excluding carboxylic acids is 1. The molecule has 1 aromatic carbocycles. The second-order valence-corrected chi connectivity index (χ2v) is 5.37. The second-order valence-electron chi connectivity index (χ2n) is 5.37. The van der Waals surface area contributed by atoms with Crippen LogP contribution in [0.2, 0.25) is 0 Å². The summed E-state index contributed by atoms with van der Waals surface area (Å²) in [5, 5.41) is 12.9. The van der Waals surface area contributed by atoms with Gasteiger partial charge in [0.05, 0.1) is 0 Å². The van der Waals surface area contributed by atoms with E-state index in [-0.39, 0.29) is 24.5 Å². The van der Waals surface area contributed by atoms with E-state index in [1.54, 1.807) is 12.1 Å². The van der Waals surface area contributed by atoms with Gasteiger partial charge in [0.2, 0.25) is 0 Å². The molecule has 0 aliphatic carbocycles. The van der Waals surface area contributed by atoms with Crippen LogP contribution in [0.25, 0.3) is 10.9 Å². The number of rotatable bonds is 5. The number of amides is 1. The van der Waals surface area contributed by atoms with Crippen molar-refractivity contribution in [2.45, 2.75) is 26.3 Å². The van der Waals surface area contributed by atoms with E-state index in [2.05, 4.69) is 10.3 Å². The van der Waals surface area contributed by atoms with Crippen molar-refractivity contribution in [3.05, 3.63) is 30.0 Å². The van der Waals surface area contributed by atoms with Gasteiger partial charge in [0, 0.05) is 29.2 Å². The summed E-state index contributed by atoms with van der Waals surface area (Å²) in [5.41, 5.74) is 7.79. The summed E-state index contributed by atoms with van der Waals surface area (Å²) in [5.74, 6) is 0.109. The number of H-pyrrole nitrogens is 1. The Bertz CT molecular complexity index is 604. The van der Waals surface area contributed by atoms with Crippen molar-refractivity contribution >= 4 is 22.5 Å². The number of carbonyl (C=O) groups is 1. The van der Waals surface area contributed by atoms with Gasteiger partial charge in [-0.05, 0) is 36.6 Å². The van der Waals surface area contributed by atoms with Crippen LogP contribution in [0.4, 0.5) is 5.69 Å². The molecule has 5 heteroatoms. The van der Waals surface area contributed by atoms with Gasteiger partial charge in [-0.2, -0.15) is 0 Å². The first-order chi connectivity index (χ1) is 9.51. The molecular weight excluding hydrogens is 254 g/mol. The van der Waals surface area contributed by atoms with Crippen LogP contribution in [0.3, 0.4) is 0 Å². The normalized spacial score (nSPS) is 12.8. The maximum absolute atomic E-state index is 12.2. The lowest BCUT2D eigenvalue weighted by Gasteiger charge is -2.21. The van der Waals surface area contributed by atoms with Crippen molar-refractivity contribution in [1.82, 2.24) is 10.3 Å². The molecule has 0 spiro atoms. The first-order valence-corrected chi connectivity index (χ1v) is 6.81. The number of aromatic nitrogens is 1. The highest BCUT2D eigenvalue weighted by atomic mass is 16.3. The first kappa shape index (κ1) is 14.4. The summed E-state index contributed by atoms with van der Waals surface area (Å²) in [6, 6.07) is 7.23. The maximum atomic E-state index is 12.2. The lowest BCUT2D eigenvalue weighted by Crippen LogP contribution is -2.39. The Labute approximate surface area is 118 Å². The molecule has 1 amide bonds. The second kappa shape index (κ2) is 5.96. The summed E-state index contributed by atoms with van der Waals surface area (Å²) in [6.07, 6.45) is 0.552. The van der Waals surface area contributed by atoms with Gasteiger partial charge in [-0.15, -0.1) is 0 Å². The molecular formula is C15H21N3O2. The highest BCUT2D eigenvalue weighted by molar-refractivity contribution is 5.98. The molecule has 1 aromatic heterocycles. The average molecular weight is 275 g/mol. The number of benzene rings is 1. The molecule has 20 heavy (non-hydrogen) atoms. The van der Waals surface area contributed by atoms with Gasteiger partial charge >= 0.3 is 0 Å². The van der Waals surface area contributed by atoms with Gasteiger partial charge in [0.25, 0.3) is 5.91 Å². The smallest absolute Gasteiger partial charge is 0.267 e. The number of nitrogens with two attached hydrogens (primary N) is 1. The highest BCUT2D eigenvalue weighted by Crippen LogP contribution is 2.18. The van der Waals surface area contributed by atoms with Gasteiger partial charge in [0.15, 0.2) is 0 Å². The topological polar surface area (TPSA) is 91.1 Å². The molecule has 5 nitrogen and oxygen atoms in total. The van der Waals surface area contributed by atoms with Gasteiger partial charge in [-0.3, -0.25) is 4.79 Å². The van der Waals surface area contributed by atoms with E-state index in [1.165, 1.54) is 0 Å². The minimum atomic E-state index is -0.160. The fourth-order valence-electron chi connectivity index (χ4n) is 2.23. The summed E-state index contributed by atoms with van der Waals surface area (Å²) in [7, 11) is 0. The fourth-order valence-corrected chi connectivity index (χ4v) is 2.23. The number of anilines is 1. The Morgan fingerprint density at radius 3 is 2.80 bits per heavy atom. The summed E-state index contributed by atoms with van der Waals surface area (Å²) in [6.45, 7) is 4.10. The van der Waals surface area contributed by atoms with Crippen molar-refractivity contribution < 1.29 is 9.90 Å². The van der Waals surface area contributed by atoms with E-state index in [4.69, 9.17) is 10.8 Å². The van der Waals surface area contributed by atoms with E-state index < -0.39 is 0 Å². The number of fused-ring (bicyclic) bond motifs is 1. The van der Waals surface area contributed by atoms with Gasteiger partial charge in [-0.25, -0.2) is 0 Å². The van der Waals surface area contributed by atoms with Crippen LogP contribution >= 0.6 is 0 Å². The van der Waals surface area contributed by atoms with Crippen molar-refractivity contribution in [3.63, 3.8) is 0 Å². The minimum absolute atomic E-state index is 0.0380. The predicted octanol–water partition coefficient (Wildman–Crippen LogP) is 1.89. The predicted molar refractivity (Wildman–Crippen MR) is 80.5 cm³/mol. The Morgan fingerprint density at radius 2 is 2.15 bits per heavy atom. The molecule has 0 bridgehead atoms. The number of hydrogen-bond acceptors (Lipinski definition) is 3. The molecule has 5 N–H and O–H groups in total. The lowest BCUT2D eigenvalue weighted by atomic mass is 10.0. The largest absolute Gasteiger partial charge is 0.399 e. The standard InChI is InChI=1S/C15H21N3O2/c1-9(2)12(5-6-19)18-15(20)14-8-10-7-11(16)3-4-13(10)17-14/h3-4,7-9,12,17,19H,5-6,16H2,1-2H3,(H,18,20). The monoisotopic (exact) mass is 275 g/mol. The van der Waals surface area contributed by atoms with Crippen LogP contribution in [0, 0.1) is 5.92 Å². The third-order valence-electron chi connectivity index (χ3n) is 3.45. The molecule has 2 aromatic rings. The van der Waals surface area contributed by atoms with Crippen molar-refractivity contribution in [2.24, 2.45) is 5.92 Å². The van der Waals surface area contributed by atoms with Gasteiger partial charge in [0.1, 0.15) is 5.69 Å². The molecule has 1 heterocycles. The van der Waals surface area contributed by atoms with Crippen molar-refractivity contribution in [1.29, 1.82) is 0 Å². The molecule has 0 aliphatic rings. The lowest BCUT2D eigenvalue weighted by molar-refractivity contribution is 0.0912. The molecule has 0 saturated carbocycles. The number of aliphatic hydroxyl groups is 1. The molecule has 0 radical (unpaired) electrons. The molecule has 1 unspecified atom stereocenters. The molecule has 2 rings (SSSR count). The average Bonchev–Trinajstić information content (AvgIpc) is 2.80. The molecule has 0 aliphatic heterocycles. The molecule has 1 atom stereocenters.